The molecule has 4 nitrogen and oxygen atoms in total. The van der Waals surface area contributed by atoms with Crippen molar-refractivity contribution in [2.24, 2.45) is 0 Å². The summed E-state index contributed by atoms with van der Waals surface area (Å²) in [6, 6.07) is 15.7. The minimum atomic E-state index is -0.0219. The van der Waals surface area contributed by atoms with Crippen LogP contribution in [0.5, 0.6) is 5.75 Å². The second-order valence-electron chi connectivity index (χ2n) is 7.38. The molecule has 0 fully saturated rings. The first-order valence-electron chi connectivity index (χ1n) is 10.5. The molecule has 3 aromatic rings. The minimum Gasteiger partial charge on any atom is -0.497 e. The summed E-state index contributed by atoms with van der Waals surface area (Å²) in [5.41, 5.74) is 4.26. The number of nitrogens with one attached hydrogen (secondary N) is 1. The molecule has 0 atom stereocenters. The van der Waals surface area contributed by atoms with E-state index in [9.17, 15) is 4.79 Å². The molecule has 0 spiro atoms. The van der Waals surface area contributed by atoms with E-state index >= 15 is 0 Å². The Morgan fingerprint density at radius 3 is 2.45 bits per heavy atom. The number of hydrogen-bond donors (Lipinski definition) is 1. The summed E-state index contributed by atoms with van der Waals surface area (Å²) in [5.74, 6) is 0.777. The summed E-state index contributed by atoms with van der Waals surface area (Å²) in [4.78, 5) is 17.9. The van der Waals surface area contributed by atoms with E-state index in [1.165, 1.54) is 19.3 Å². The Morgan fingerprint density at radius 2 is 1.72 bits per heavy atom. The third kappa shape index (κ3) is 4.94. The number of nitrogens with zero attached hydrogens (tertiary/aromatic N) is 1. The lowest BCUT2D eigenvalue weighted by molar-refractivity contribution is 0.0954. The second kappa shape index (κ2) is 10.1. The van der Waals surface area contributed by atoms with Gasteiger partial charge in [0, 0.05) is 17.5 Å². The molecule has 0 radical (unpaired) electrons. The number of hydrogen-bond acceptors (Lipinski definition) is 3. The Balaban J connectivity index is 1.90. The first-order valence-corrected chi connectivity index (χ1v) is 10.5. The SMILES string of the molecule is CCCCCCCNC(=O)c1c(C)c(-c2ccc(OC)cc2)nc2ccccc12. The van der Waals surface area contributed by atoms with Gasteiger partial charge in [0.25, 0.3) is 5.91 Å². The summed E-state index contributed by atoms with van der Waals surface area (Å²) < 4.78 is 5.26. The number of carbonyl (C=O) groups excluding carboxylic acids is 1. The summed E-state index contributed by atoms with van der Waals surface area (Å²) >= 11 is 0. The highest BCUT2D eigenvalue weighted by Crippen LogP contribution is 2.30. The van der Waals surface area contributed by atoms with Crippen molar-refractivity contribution in [3.8, 4) is 17.0 Å². The highest BCUT2D eigenvalue weighted by Gasteiger charge is 2.18. The summed E-state index contributed by atoms with van der Waals surface area (Å²) in [6.45, 7) is 4.89. The molecule has 2 aromatic carbocycles. The smallest absolute Gasteiger partial charge is 0.252 e. The molecule has 1 N–H and O–H groups in total. The van der Waals surface area contributed by atoms with Gasteiger partial charge < -0.3 is 10.1 Å². The highest BCUT2D eigenvalue weighted by molar-refractivity contribution is 6.08. The molecule has 0 bridgehead atoms. The van der Waals surface area contributed by atoms with Gasteiger partial charge in [-0.25, -0.2) is 4.98 Å². The van der Waals surface area contributed by atoms with E-state index < -0.39 is 0 Å². The molecule has 0 aliphatic heterocycles. The van der Waals surface area contributed by atoms with Crippen molar-refractivity contribution < 1.29 is 9.53 Å². The van der Waals surface area contributed by atoms with Gasteiger partial charge in [0.05, 0.1) is 23.9 Å². The average molecular weight is 391 g/mol. The van der Waals surface area contributed by atoms with Crippen LogP contribution in [0.2, 0.25) is 0 Å². The topological polar surface area (TPSA) is 51.2 Å². The van der Waals surface area contributed by atoms with E-state index in [1.807, 2.05) is 55.5 Å². The van der Waals surface area contributed by atoms with Gasteiger partial charge in [-0.15, -0.1) is 0 Å². The zero-order valence-corrected chi connectivity index (χ0v) is 17.6. The van der Waals surface area contributed by atoms with Crippen LogP contribution in [0.3, 0.4) is 0 Å². The van der Waals surface area contributed by atoms with Crippen LogP contribution < -0.4 is 10.1 Å². The normalized spacial score (nSPS) is 10.9. The molecular formula is C25H30N2O2. The number of methoxy groups -OCH3 is 1. The quantitative estimate of drug-likeness (QED) is 0.461. The lowest BCUT2D eigenvalue weighted by Gasteiger charge is -2.15. The third-order valence-corrected chi connectivity index (χ3v) is 5.29. The zero-order valence-electron chi connectivity index (χ0n) is 17.6. The number of benzene rings is 2. The van der Waals surface area contributed by atoms with Crippen molar-refractivity contribution in [1.82, 2.24) is 10.3 Å². The second-order valence-corrected chi connectivity index (χ2v) is 7.38. The van der Waals surface area contributed by atoms with Gasteiger partial charge in [0.2, 0.25) is 0 Å². The fourth-order valence-corrected chi connectivity index (χ4v) is 3.65. The van der Waals surface area contributed by atoms with Crippen LogP contribution in [-0.2, 0) is 0 Å². The first kappa shape index (κ1) is 20.8. The van der Waals surface area contributed by atoms with E-state index in [4.69, 9.17) is 9.72 Å². The molecule has 0 aliphatic rings. The van der Waals surface area contributed by atoms with Crippen molar-refractivity contribution in [1.29, 1.82) is 0 Å². The minimum absolute atomic E-state index is 0.0219. The standard InChI is InChI=1S/C25H30N2O2/c1-4-5-6-7-10-17-26-25(28)23-18(2)24(19-13-15-20(29-3)16-14-19)27-22-12-9-8-11-21(22)23/h8-9,11-16H,4-7,10,17H2,1-3H3,(H,26,28). The molecule has 0 saturated carbocycles. The fourth-order valence-electron chi connectivity index (χ4n) is 3.65. The van der Waals surface area contributed by atoms with E-state index in [0.717, 1.165) is 51.9 Å². The van der Waals surface area contributed by atoms with Crippen LogP contribution in [0, 0.1) is 6.92 Å². The predicted molar refractivity (Wildman–Crippen MR) is 120 cm³/mol. The van der Waals surface area contributed by atoms with Crippen LogP contribution in [0.1, 0.15) is 54.9 Å². The monoisotopic (exact) mass is 390 g/mol. The van der Waals surface area contributed by atoms with Crippen molar-refractivity contribution in [3.63, 3.8) is 0 Å². The summed E-state index contributed by atoms with van der Waals surface area (Å²) in [7, 11) is 1.65. The lowest BCUT2D eigenvalue weighted by Crippen LogP contribution is -2.26. The molecule has 0 saturated heterocycles. The van der Waals surface area contributed by atoms with Gasteiger partial charge in [0.15, 0.2) is 0 Å². The maximum Gasteiger partial charge on any atom is 0.252 e. The first-order chi connectivity index (χ1) is 14.2. The van der Waals surface area contributed by atoms with Crippen molar-refractivity contribution in [2.45, 2.75) is 46.0 Å². The Kier molecular flexibility index (Phi) is 7.23. The number of aromatic nitrogens is 1. The van der Waals surface area contributed by atoms with Gasteiger partial charge in [-0.3, -0.25) is 4.79 Å². The molecule has 0 aliphatic carbocycles. The number of carbonyl (C=O) groups is 1. The Bertz CT molecular complexity index is 964. The van der Waals surface area contributed by atoms with E-state index in [-0.39, 0.29) is 5.91 Å². The van der Waals surface area contributed by atoms with Gasteiger partial charge in [-0.2, -0.15) is 0 Å². The Labute approximate surface area is 173 Å². The number of unbranched alkanes of at least 4 members (excludes halogenated alkanes) is 4. The number of rotatable bonds is 9. The Hall–Kier alpha value is -2.88. The molecule has 0 unspecified atom stereocenters. The molecule has 3 rings (SSSR count). The number of amides is 1. The maximum atomic E-state index is 13.1. The van der Waals surface area contributed by atoms with Crippen LogP contribution in [0.15, 0.2) is 48.5 Å². The Morgan fingerprint density at radius 1 is 1.00 bits per heavy atom. The largest absolute Gasteiger partial charge is 0.497 e. The fraction of sp³-hybridized carbons (Fsp3) is 0.360. The van der Waals surface area contributed by atoms with Gasteiger partial charge in [0.1, 0.15) is 5.75 Å². The van der Waals surface area contributed by atoms with Gasteiger partial charge in [-0.05, 0) is 49.2 Å². The summed E-state index contributed by atoms with van der Waals surface area (Å²) in [6.07, 6.45) is 5.88. The molecular weight excluding hydrogens is 360 g/mol. The van der Waals surface area contributed by atoms with Gasteiger partial charge >= 0.3 is 0 Å². The highest BCUT2D eigenvalue weighted by atomic mass is 16.5. The summed E-state index contributed by atoms with van der Waals surface area (Å²) in [5, 5.41) is 4.01. The van der Waals surface area contributed by atoms with Gasteiger partial charge in [-0.1, -0.05) is 50.8 Å². The predicted octanol–water partition coefficient (Wildman–Crippen LogP) is 5.92. The molecule has 29 heavy (non-hydrogen) atoms. The molecule has 1 amide bonds. The van der Waals surface area contributed by atoms with Crippen LogP contribution in [0.4, 0.5) is 0 Å². The molecule has 152 valence electrons. The van der Waals surface area contributed by atoms with Crippen LogP contribution in [0.25, 0.3) is 22.2 Å². The van der Waals surface area contributed by atoms with Crippen molar-refractivity contribution >= 4 is 16.8 Å². The van der Waals surface area contributed by atoms with E-state index in [2.05, 4.69) is 12.2 Å². The molecule has 4 heteroatoms. The maximum absolute atomic E-state index is 13.1. The van der Waals surface area contributed by atoms with Crippen LogP contribution in [-0.4, -0.2) is 24.5 Å². The average Bonchev–Trinajstić information content (AvgIpc) is 2.75. The number of pyridine rings is 1. The lowest BCUT2D eigenvalue weighted by atomic mass is 9.97. The molecule has 1 aromatic heterocycles. The number of para-hydroxylation sites is 1. The van der Waals surface area contributed by atoms with E-state index in [1.54, 1.807) is 7.11 Å². The number of fused-ring (bicyclic) bond motifs is 1. The van der Waals surface area contributed by atoms with Crippen molar-refractivity contribution in [3.05, 3.63) is 59.7 Å². The van der Waals surface area contributed by atoms with E-state index in [0.29, 0.717) is 6.54 Å². The zero-order chi connectivity index (χ0) is 20.6. The van der Waals surface area contributed by atoms with Crippen molar-refractivity contribution in [2.75, 3.05) is 13.7 Å². The molecule has 1 heterocycles. The third-order valence-electron chi connectivity index (χ3n) is 5.29. The number of ether oxygens (including phenoxy) is 1. The van der Waals surface area contributed by atoms with Crippen LogP contribution >= 0.6 is 0 Å².